The number of ether oxygens (including phenoxy) is 1. The van der Waals surface area contributed by atoms with Gasteiger partial charge in [-0.2, -0.15) is 4.31 Å². The van der Waals surface area contributed by atoms with Gasteiger partial charge in [0.25, 0.3) is 0 Å². The number of nitrogens with one attached hydrogen (secondary N) is 1. The van der Waals surface area contributed by atoms with Crippen LogP contribution in [0, 0.1) is 12.8 Å². The fourth-order valence-electron chi connectivity index (χ4n) is 3.44. The number of rotatable bonds is 8. The zero-order valence-corrected chi connectivity index (χ0v) is 18.6. The average Bonchev–Trinajstić information content (AvgIpc) is 2.74. The molecule has 1 saturated heterocycles. The smallest absolute Gasteiger partial charge is 0.243 e. The van der Waals surface area contributed by atoms with Crippen LogP contribution in [0.25, 0.3) is 0 Å². The van der Waals surface area contributed by atoms with E-state index in [1.807, 2.05) is 31.2 Å². The van der Waals surface area contributed by atoms with E-state index in [0.717, 1.165) is 11.3 Å². The first-order valence-electron chi connectivity index (χ1n) is 10.1. The maximum atomic E-state index is 12.7. The first kappa shape index (κ1) is 22.6. The number of nitrogens with zero attached hydrogens (tertiary/aromatic N) is 1. The topological polar surface area (TPSA) is 75.7 Å². The van der Waals surface area contributed by atoms with Crippen molar-refractivity contribution in [2.24, 2.45) is 5.92 Å². The summed E-state index contributed by atoms with van der Waals surface area (Å²) < 4.78 is 32.6. The summed E-state index contributed by atoms with van der Waals surface area (Å²) in [5.41, 5.74) is 1.14. The third kappa shape index (κ3) is 5.97. The highest BCUT2D eigenvalue weighted by molar-refractivity contribution is 7.89. The minimum absolute atomic E-state index is 0.0194. The van der Waals surface area contributed by atoms with Gasteiger partial charge in [0.05, 0.1) is 11.5 Å². The molecule has 2 aromatic carbocycles. The van der Waals surface area contributed by atoms with Gasteiger partial charge in [-0.05, 0) is 68.1 Å². The van der Waals surface area contributed by atoms with Crippen molar-refractivity contribution in [3.8, 4) is 5.75 Å². The predicted molar refractivity (Wildman–Crippen MR) is 117 cm³/mol. The summed E-state index contributed by atoms with van der Waals surface area (Å²) in [6.07, 6.45) is 1.74. The Balaban J connectivity index is 1.39. The van der Waals surface area contributed by atoms with Crippen LogP contribution in [0.2, 0.25) is 5.02 Å². The summed E-state index contributed by atoms with van der Waals surface area (Å²) in [5, 5.41) is 3.43. The number of carbonyl (C=O) groups is 1. The molecule has 1 fully saturated rings. The van der Waals surface area contributed by atoms with E-state index >= 15 is 0 Å². The maximum Gasteiger partial charge on any atom is 0.243 e. The average molecular weight is 451 g/mol. The zero-order valence-electron chi connectivity index (χ0n) is 17.0. The predicted octanol–water partition coefficient (Wildman–Crippen LogP) is 3.63. The molecule has 0 saturated carbocycles. The lowest BCUT2D eigenvalue weighted by Gasteiger charge is -2.30. The molecule has 30 heavy (non-hydrogen) atoms. The number of hydrogen-bond donors (Lipinski definition) is 1. The Kier molecular flexibility index (Phi) is 7.75. The molecule has 3 rings (SSSR count). The molecule has 1 heterocycles. The monoisotopic (exact) mass is 450 g/mol. The summed E-state index contributed by atoms with van der Waals surface area (Å²) in [6, 6.07) is 14.0. The molecule has 1 N–H and O–H groups in total. The lowest BCUT2D eigenvalue weighted by molar-refractivity contribution is -0.126. The van der Waals surface area contributed by atoms with E-state index in [4.69, 9.17) is 16.3 Å². The highest BCUT2D eigenvalue weighted by atomic mass is 35.5. The van der Waals surface area contributed by atoms with E-state index in [9.17, 15) is 13.2 Å². The van der Waals surface area contributed by atoms with Crippen molar-refractivity contribution in [1.82, 2.24) is 9.62 Å². The van der Waals surface area contributed by atoms with Crippen molar-refractivity contribution in [2.45, 2.75) is 31.1 Å². The molecule has 0 atom stereocenters. The molecular weight excluding hydrogens is 424 g/mol. The second-order valence-corrected chi connectivity index (χ2v) is 9.82. The first-order chi connectivity index (χ1) is 14.4. The van der Waals surface area contributed by atoms with Crippen LogP contribution in [0.1, 0.15) is 24.8 Å². The number of aryl methyl sites for hydroxylation is 1. The van der Waals surface area contributed by atoms with Crippen LogP contribution in [0.15, 0.2) is 53.4 Å². The fraction of sp³-hybridized carbons (Fsp3) is 0.409. The van der Waals surface area contributed by atoms with E-state index in [-0.39, 0.29) is 16.7 Å². The van der Waals surface area contributed by atoms with Gasteiger partial charge >= 0.3 is 0 Å². The Hall–Kier alpha value is -2.09. The highest BCUT2D eigenvalue weighted by Gasteiger charge is 2.31. The number of hydrogen-bond acceptors (Lipinski definition) is 4. The molecule has 0 aliphatic carbocycles. The normalized spacial score (nSPS) is 15.7. The summed E-state index contributed by atoms with van der Waals surface area (Å²) in [7, 11) is -3.56. The number of benzene rings is 2. The van der Waals surface area contributed by atoms with Gasteiger partial charge in [0.2, 0.25) is 15.9 Å². The number of amides is 1. The van der Waals surface area contributed by atoms with Gasteiger partial charge in [-0.1, -0.05) is 23.7 Å². The van der Waals surface area contributed by atoms with Crippen LogP contribution in [0.5, 0.6) is 5.75 Å². The molecule has 0 bridgehead atoms. The molecular formula is C22H27ClN2O4S. The standard InChI is InChI=1S/C22H27ClN2O4S/c1-17-4-2-5-20(16-17)29-15-3-12-24-22(26)18-10-13-25(14-11-18)30(27,28)21-8-6-19(23)7-9-21/h2,4-9,16,18H,3,10-15H2,1H3,(H,24,26). The first-order valence-corrected chi connectivity index (χ1v) is 11.9. The molecule has 8 heteroatoms. The van der Waals surface area contributed by atoms with Gasteiger partial charge in [0.1, 0.15) is 5.75 Å². The van der Waals surface area contributed by atoms with Crippen molar-refractivity contribution in [3.63, 3.8) is 0 Å². The lowest BCUT2D eigenvalue weighted by Crippen LogP contribution is -2.43. The Bertz CT molecular complexity index is 955. The highest BCUT2D eigenvalue weighted by Crippen LogP contribution is 2.25. The van der Waals surface area contributed by atoms with Gasteiger partial charge in [0, 0.05) is 30.6 Å². The molecule has 0 spiro atoms. The second-order valence-electron chi connectivity index (χ2n) is 7.44. The van der Waals surface area contributed by atoms with E-state index in [2.05, 4.69) is 5.32 Å². The lowest BCUT2D eigenvalue weighted by atomic mass is 9.97. The Labute approximate surface area is 183 Å². The quantitative estimate of drug-likeness (QED) is 0.623. The minimum atomic E-state index is -3.56. The maximum absolute atomic E-state index is 12.7. The molecule has 0 aromatic heterocycles. The number of carbonyl (C=O) groups excluding carboxylic acids is 1. The van der Waals surface area contributed by atoms with Crippen molar-refractivity contribution in [2.75, 3.05) is 26.2 Å². The van der Waals surface area contributed by atoms with Crippen molar-refractivity contribution >= 4 is 27.5 Å². The molecule has 6 nitrogen and oxygen atoms in total. The summed E-state index contributed by atoms with van der Waals surface area (Å²) >= 11 is 5.84. The van der Waals surface area contributed by atoms with Gasteiger partial charge < -0.3 is 10.1 Å². The Morgan fingerprint density at radius 2 is 1.87 bits per heavy atom. The van der Waals surface area contributed by atoms with E-state index in [1.165, 1.54) is 16.4 Å². The molecule has 0 unspecified atom stereocenters. The number of halogens is 1. The van der Waals surface area contributed by atoms with Crippen LogP contribution in [0.3, 0.4) is 0 Å². The Morgan fingerprint density at radius 1 is 1.17 bits per heavy atom. The second kappa shape index (κ2) is 10.3. The molecule has 1 aliphatic heterocycles. The fourth-order valence-corrected chi connectivity index (χ4v) is 5.03. The Morgan fingerprint density at radius 3 is 2.53 bits per heavy atom. The van der Waals surface area contributed by atoms with E-state index in [1.54, 1.807) is 12.1 Å². The minimum Gasteiger partial charge on any atom is -0.494 e. The third-order valence-corrected chi connectivity index (χ3v) is 7.32. The van der Waals surface area contributed by atoms with Crippen LogP contribution in [0.4, 0.5) is 0 Å². The van der Waals surface area contributed by atoms with Gasteiger partial charge in [-0.15, -0.1) is 0 Å². The van der Waals surface area contributed by atoms with Crippen LogP contribution < -0.4 is 10.1 Å². The van der Waals surface area contributed by atoms with E-state index in [0.29, 0.717) is 50.5 Å². The van der Waals surface area contributed by atoms with Gasteiger partial charge in [-0.3, -0.25) is 4.79 Å². The summed E-state index contributed by atoms with van der Waals surface area (Å²) in [6.45, 7) is 3.74. The molecule has 1 aliphatic rings. The van der Waals surface area contributed by atoms with Crippen molar-refractivity contribution in [3.05, 3.63) is 59.1 Å². The van der Waals surface area contributed by atoms with Crippen LogP contribution in [-0.2, 0) is 14.8 Å². The van der Waals surface area contributed by atoms with Gasteiger partial charge in [0.15, 0.2) is 0 Å². The van der Waals surface area contributed by atoms with Crippen LogP contribution >= 0.6 is 11.6 Å². The number of piperidine rings is 1. The van der Waals surface area contributed by atoms with Crippen molar-refractivity contribution in [1.29, 1.82) is 0 Å². The van der Waals surface area contributed by atoms with Crippen LogP contribution in [-0.4, -0.2) is 44.9 Å². The van der Waals surface area contributed by atoms with Gasteiger partial charge in [-0.25, -0.2) is 8.42 Å². The third-order valence-electron chi connectivity index (χ3n) is 5.15. The molecule has 0 radical (unpaired) electrons. The zero-order chi connectivity index (χ0) is 21.6. The summed E-state index contributed by atoms with van der Waals surface area (Å²) in [5.74, 6) is 0.643. The van der Waals surface area contributed by atoms with Crippen molar-refractivity contribution < 1.29 is 17.9 Å². The largest absolute Gasteiger partial charge is 0.494 e. The summed E-state index contributed by atoms with van der Waals surface area (Å²) in [4.78, 5) is 12.6. The SMILES string of the molecule is Cc1cccc(OCCCNC(=O)C2CCN(S(=O)(=O)c3ccc(Cl)cc3)CC2)c1. The van der Waals surface area contributed by atoms with E-state index < -0.39 is 10.0 Å². The molecule has 1 amide bonds. The molecule has 162 valence electrons. The number of sulfonamides is 1. The molecule has 2 aromatic rings.